The van der Waals surface area contributed by atoms with Gasteiger partial charge in [0.15, 0.2) is 0 Å². The van der Waals surface area contributed by atoms with Gasteiger partial charge in [0, 0.05) is 27.7 Å². The van der Waals surface area contributed by atoms with E-state index in [1.54, 1.807) is 11.8 Å². The third-order valence-electron chi connectivity index (χ3n) is 3.05. The minimum Gasteiger partial charge on any atom is -0.507 e. The summed E-state index contributed by atoms with van der Waals surface area (Å²) in [4.78, 5) is 1.19. The molecule has 0 atom stereocenters. The molecule has 1 rings (SSSR count). The van der Waals surface area contributed by atoms with Gasteiger partial charge in [-0.3, -0.25) is 0 Å². The van der Waals surface area contributed by atoms with Crippen molar-refractivity contribution in [3.8, 4) is 5.75 Å². The Bertz CT molecular complexity index is 406. The average molecular weight is 301 g/mol. The zero-order valence-electron chi connectivity index (χ0n) is 12.8. The van der Waals surface area contributed by atoms with E-state index >= 15 is 0 Å². The van der Waals surface area contributed by atoms with E-state index in [1.807, 2.05) is 0 Å². The highest BCUT2D eigenvalue weighted by atomic mass is 35.5. The van der Waals surface area contributed by atoms with Gasteiger partial charge in [-0.15, -0.1) is 23.4 Å². The third kappa shape index (κ3) is 4.32. The van der Waals surface area contributed by atoms with Crippen molar-refractivity contribution in [1.82, 2.24) is 0 Å². The van der Waals surface area contributed by atoms with E-state index in [0.29, 0.717) is 11.6 Å². The second kappa shape index (κ2) is 5.97. The molecule has 1 nitrogen and oxygen atoms in total. The summed E-state index contributed by atoms with van der Waals surface area (Å²) in [5, 5.41) is 10.6. The maximum Gasteiger partial charge on any atom is 0.123 e. The number of rotatable bonds is 3. The predicted octanol–water partition coefficient (Wildman–Crippen LogP) is 5.32. The Morgan fingerprint density at radius 1 is 1.00 bits per heavy atom. The summed E-state index contributed by atoms with van der Waals surface area (Å²) in [6.45, 7) is 12.8. The number of thioether (sulfide) groups is 1. The van der Waals surface area contributed by atoms with Crippen LogP contribution in [0.3, 0.4) is 0 Å². The lowest BCUT2D eigenvalue weighted by Crippen LogP contribution is -2.17. The Hall–Kier alpha value is -0.340. The van der Waals surface area contributed by atoms with Gasteiger partial charge in [0.05, 0.1) is 0 Å². The molecular formula is C16H25ClOS. The SMILES string of the molecule is CC(C)(C)c1cc(SCCCl)cc(C(C)(C)C)c1O. The van der Waals surface area contributed by atoms with Crippen molar-refractivity contribution in [2.24, 2.45) is 0 Å². The van der Waals surface area contributed by atoms with Crippen LogP contribution in [0.25, 0.3) is 0 Å². The number of aromatic hydroxyl groups is 1. The minimum atomic E-state index is -0.0678. The van der Waals surface area contributed by atoms with Crippen LogP contribution in [0, 0.1) is 0 Å². The monoisotopic (exact) mass is 300 g/mol. The van der Waals surface area contributed by atoms with E-state index in [4.69, 9.17) is 11.6 Å². The Balaban J connectivity index is 3.39. The van der Waals surface area contributed by atoms with Crippen molar-refractivity contribution >= 4 is 23.4 Å². The summed E-state index contributed by atoms with van der Waals surface area (Å²) in [5.41, 5.74) is 1.89. The van der Waals surface area contributed by atoms with E-state index < -0.39 is 0 Å². The van der Waals surface area contributed by atoms with Gasteiger partial charge in [0.2, 0.25) is 0 Å². The summed E-state index contributed by atoms with van der Waals surface area (Å²) in [5.74, 6) is 1.97. The number of phenolic OH excluding ortho intramolecular Hbond substituents is 1. The lowest BCUT2D eigenvalue weighted by Gasteiger charge is -2.28. The molecule has 108 valence electrons. The van der Waals surface area contributed by atoms with Crippen LogP contribution in [0.15, 0.2) is 17.0 Å². The van der Waals surface area contributed by atoms with Crippen LogP contribution >= 0.6 is 23.4 Å². The molecular weight excluding hydrogens is 276 g/mol. The molecule has 3 heteroatoms. The zero-order valence-corrected chi connectivity index (χ0v) is 14.4. The summed E-state index contributed by atoms with van der Waals surface area (Å²) >= 11 is 7.52. The normalized spacial score (nSPS) is 12.8. The fourth-order valence-corrected chi connectivity index (χ4v) is 2.94. The van der Waals surface area contributed by atoms with E-state index in [2.05, 4.69) is 53.7 Å². The lowest BCUT2D eigenvalue weighted by molar-refractivity contribution is 0.422. The predicted molar refractivity (Wildman–Crippen MR) is 87.0 cm³/mol. The molecule has 0 aliphatic carbocycles. The van der Waals surface area contributed by atoms with Crippen LogP contribution < -0.4 is 0 Å². The largest absolute Gasteiger partial charge is 0.507 e. The molecule has 0 saturated heterocycles. The first-order chi connectivity index (χ1) is 8.57. The van der Waals surface area contributed by atoms with Crippen molar-refractivity contribution in [1.29, 1.82) is 0 Å². The van der Waals surface area contributed by atoms with Crippen molar-refractivity contribution in [2.75, 3.05) is 11.6 Å². The summed E-state index contributed by atoms with van der Waals surface area (Å²) in [6.07, 6.45) is 0. The molecule has 0 unspecified atom stereocenters. The van der Waals surface area contributed by atoms with E-state index in [1.165, 1.54) is 4.90 Å². The van der Waals surface area contributed by atoms with Crippen molar-refractivity contribution < 1.29 is 5.11 Å². The van der Waals surface area contributed by atoms with Crippen molar-refractivity contribution in [2.45, 2.75) is 57.3 Å². The molecule has 1 N–H and O–H groups in total. The zero-order chi connectivity index (χ0) is 14.8. The minimum absolute atomic E-state index is 0.0678. The molecule has 19 heavy (non-hydrogen) atoms. The van der Waals surface area contributed by atoms with Gasteiger partial charge >= 0.3 is 0 Å². The van der Waals surface area contributed by atoms with Crippen LogP contribution in [0.2, 0.25) is 0 Å². The van der Waals surface area contributed by atoms with E-state index in [0.717, 1.165) is 16.9 Å². The lowest BCUT2D eigenvalue weighted by atomic mass is 9.79. The van der Waals surface area contributed by atoms with Gasteiger partial charge < -0.3 is 5.11 Å². The highest BCUT2D eigenvalue weighted by Crippen LogP contribution is 2.41. The van der Waals surface area contributed by atoms with Crippen LogP contribution in [0.4, 0.5) is 0 Å². The Morgan fingerprint density at radius 2 is 1.42 bits per heavy atom. The average Bonchev–Trinajstić information content (AvgIpc) is 2.24. The fourth-order valence-electron chi connectivity index (χ4n) is 1.99. The fraction of sp³-hybridized carbons (Fsp3) is 0.625. The summed E-state index contributed by atoms with van der Waals surface area (Å²) < 4.78 is 0. The molecule has 0 aliphatic rings. The topological polar surface area (TPSA) is 20.2 Å². The second-order valence-electron chi connectivity index (χ2n) is 6.90. The molecule has 0 spiro atoms. The van der Waals surface area contributed by atoms with Crippen molar-refractivity contribution in [3.05, 3.63) is 23.3 Å². The molecule has 0 amide bonds. The molecule has 0 heterocycles. The summed E-state index contributed by atoms with van der Waals surface area (Å²) in [7, 11) is 0. The Morgan fingerprint density at radius 3 is 1.74 bits per heavy atom. The van der Waals surface area contributed by atoms with Crippen LogP contribution in [-0.2, 0) is 10.8 Å². The smallest absolute Gasteiger partial charge is 0.123 e. The highest BCUT2D eigenvalue weighted by molar-refractivity contribution is 7.99. The molecule has 1 aromatic carbocycles. The van der Waals surface area contributed by atoms with Gasteiger partial charge in [-0.05, 0) is 23.0 Å². The van der Waals surface area contributed by atoms with Crippen molar-refractivity contribution in [3.63, 3.8) is 0 Å². The quantitative estimate of drug-likeness (QED) is 0.602. The highest BCUT2D eigenvalue weighted by Gasteiger charge is 2.26. The van der Waals surface area contributed by atoms with Gasteiger partial charge in [-0.2, -0.15) is 0 Å². The second-order valence-corrected chi connectivity index (χ2v) is 8.45. The van der Waals surface area contributed by atoms with Gasteiger partial charge in [-0.25, -0.2) is 0 Å². The maximum absolute atomic E-state index is 10.6. The Labute approximate surface area is 126 Å². The molecule has 1 aromatic rings. The number of halogens is 1. The molecule has 0 fully saturated rings. The number of benzene rings is 1. The van der Waals surface area contributed by atoms with Crippen LogP contribution in [0.1, 0.15) is 52.7 Å². The number of hydrogen-bond acceptors (Lipinski definition) is 2. The first kappa shape index (κ1) is 16.7. The Kier molecular flexibility index (Phi) is 5.25. The molecule has 0 radical (unpaired) electrons. The third-order valence-corrected chi connectivity index (χ3v) is 4.44. The standard InChI is InChI=1S/C16H25ClOS/c1-15(2,3)12-9-11(19-8-7-17)10-13(14(12)18)16(4,5)6/h9-10,18H,7-8H2,1-6H3. The number of hydrogen-bond donors (Lipinski definition) is 1. The van der Waals surface area contributed by atoms with Gasteiger partial charge in [0.25, 0.3) is 0 Å². The molecule has 0 bridgehead atoms. The maximum atomic E-state index is 10.6. The van der Waals surface area contributed by atoms with E-state index in [9.17, 15) is 5.11 Å². The van der Waals surface area contributed by atoms with Crippen LogP contribution in [-0.4, -0.2) is 16.7 Å². The molecule has 0 aromatic heterocycles. The van der Waals surface area contributed by atoms with Gasteiger partial charge in [-0.1, -0.05) is 41.5 Å². The summed E-state index contributed by atoms with van der Waals surface area (Å²) in [6, 6.07) is 4.20. The molecule has 0 aliphatic heterocycles. The first-order valence-electron chi connectivity index (χ1n) is 6.64. The number of phenols is 1. The van der Waals surface area contributed by atoms with Gasteiger partial charge in [0.1, 0.15) is 5.75 Å². The number of alkyl halides is 1. The first-order valence-corrected chi connectivity index (χ1v) is 8.16. The van der Waals surface area contributed by atoms with E-state index in [-0.39, 0.29) is 10.8 Å². The molecule has 0 saturated carbocycles. The van der Waals surface area contributed by atoms with Crippen LogP contribution in [0.5, 0.6) is 5.75 Å².